The smallest absolute Gasteiger partial charge is 0.246 e. The molecule has 0 bridgehead atoms. The van der Waals surface area contributed by atoms with Gasteiger partial charge in [-0.2, -0.15) is 0 Å². The summed E-state index contributed by atoms with van der Waals surface area (Å²) in [5, 5.41) is 0.595. The van der Waals surface area contributed by atoms with Crippen LogP contribution in [0.15, 0.2) is 48.5 Å². The van der Waals surface area contributed by atoms with Crippen molar-refractivity contribution in [1.82, 2.24) is 4.90 Å². The van der Waals surface area contributed by atoms with E-state index in [1.165, 1.54) is 0 Å². The Bertz CT molecular complexity index is 765. The van der Waals surface area contributed by atoms with Crippen molar-refractivity contribution in [1.29, 1.82) is 0 Å². The Morgan fingerprint density at radius 3 is 2.71 bits per heavy atom. The van der Waals surface area contributed by atoms with Gasteiger partial charge in [0.2, 0.25) is 5.91 Å². The highest BCUT2D eigenvalue weighted by Crippen LogP contribution is 2.45. The van der Waals surface area contributed by atoms with E-state index >= 15 is 0 Å². The van der Waals surface area contributed by atoms with E-state index in [-0.39, 0.29) is 18.1 Å². The minimum Gasteiger partial charge on any atom is -0.495 e. The first-order valence-corrected chi connectivity index (χ1v) is 8.56. The molecule has 2 aliphatic heterocycles. The first-order valence-electron chi connectivity index (χ1n) is 8.18. The molecule has 24 heavy (non-hydrogen) atoms. The van der Waals surface area contributed by atoms with Crippen molar-refractivity contribution < 1.29 is 9.53 Å². The van der Waals surface area contributed by atoms with Crippen LogP contribution < -0.4 is 9.64 Å². The number of nitrogens with zero attached hydrogens (tertiary/aromatic N) is 2. The van der Waals surface area contributed by atoms with E-state index in [9.17, 15) is 4.79 Å². The van der Waals surface area contributed by atoms with E-state index in [1.807, 2.05) is 35.2 Å². The Hall–Kier alpha value is -2.04. The summed E-state index contributed by atoms with van der Waals surface area (Å²) in [4.78, 5) is 17.3. The molecule has 0 N–H and O–H groups in total. The van der Waals surface area contributed by atoms with E-state index in [2.05, 4.69) is 17.0 Å². The van der Waals surface area contributed by atoms with Crippen LogP contribution in [0.5, 0.6) is 5.75 Å². The first-order chi connectivity index (χ1) is 11.7. The van der Waals surface area contributed by atoms with Gasteiger partial charge >= 0.3 is 0 Å². The second-order valence-electron chi connectivity index (χ2n) is 6.20. The lowest BCUT2D eigenvalue weighted by Crippen LogP contribution is -2.32. The highest BCUT2D eigenvalue weighted by Gasteiger charge is 2.49. The number of ether oxygens (including phenoxy) is 1. The van der Waals surface area contributed by atoms with Crippen molar-refractivity contribution in [2.45, 2.75) is 25.0 Å². The van der Waals surface area contributed by atoms with Gasteiger partial charge in [-0.1, -0.05) is 41.9 Å². The van der Waals surface area contributed by atoms with Gasteiger partial charge in [-0.25, -0.2) is 0 Å². The van der Waals surface area contributed by atoms with E-state index in [0.717, 1.165) is 30.6 Å². The summed E-state index contributed by atoms with van der Waals surface area (Å²) in [6.07, 6.45) is 1.85. The molecule has 2 saturated heterocycles. The molecular formula is C19H19ClN2O2. The topological polar surface area (TPSA) is 32.8 Å². The number of rotatable bonds is 3. The van der Waals surface area contributed by atoms with E-state index in [0.29, 0.717) is 10.8 Å². The summed E-state index contributed by atoms with van der Waals surface area (Å²) in [5.41, 5.74) is 1.84. The van der Waals surface area contributed by atoms with Crippen molar-refractivity contribution in [3.8, 4) is 5.75 Å². The largest absolute Gasteiger partial charge is 0.495 e. The highest BCUT2D eigenvalue weighted by atomic mass is 35.5. The fourth-order valence-corrected chi connectivity index (χ4v) is 4.01. The quantitative estimate of drug-likeness (QED) is 0.849. The lowest BCUT2D eigenvalue weighted by Gasteiger charge is -2.30. The maximum absolute atomic E-state index is 13.1. The number of carbonyl (C=O) groups excluding carboxylic acids is 1. The average Bonchev–Trinajstić information content (AvgIpc) is 3.18. The SMILES string of the molecule is COc1ccc(Cl)cc1N1C(=O)[C@@H]2CCCN2[C@H]1c1ccccc1. The van der Waals surface area contributed by atoms with Gasteiger partial charge in [0.05, 0.1) is 18.8 Å². The molecule has 124 valence electrons. The molecule has 2 aliphatic rings. The molecule has 0 saturated carbocycles. The van der Waals surface area contributed by atoms with Crippen LogP contribution in [0.3, 0.4) is 0 Å². The molecular weight excluding hydrogens is 324 g/mol. The van der Waals surface area contributed by atoms with E-state index < -0.39 is 0 Å². The second kappa shape index (κ2) is 6.11. The lowest BCUT2D eigenvalue weighted by molar-refractivity contribution is -0.119. The molecule has 1 amide bonds. The Balaban J connectivity index is 1.86. The molecule has 0 aliphatic carbocycles. The minimum absolute atomic E-state index is 0.0566. The van der Waals surface area contributed by atoms with Crippen LogP contribution in [0.1, 0.15) is 24.6 Å². The summed E-state index contributed by atoms with van der Waals surface area (Å²) < 4.78 is 5.50. The first kappa shape index (κ1) is 15.5. The Labute approximate surface area is 146 Å². The van der Waals surface area contributed by atoms with Crippen LogP contribution in [0.2, 0.25) is 5.02 Å². The number of hydrogen-bond acceptors (Lipinski definition) is 3. The zero-order valence-corrected chi connectivity index (χ0v) is 14.2. The molecule has 2 aromatic rings. The van der Waals surface area contributed by atoms with Gasteiger partial charge in [-0.15, -0.1) is 0 Å². The predicted octanol–water partition coefficient (Wildman–Crippen LogP) is 3.86. The molecule has 4 rings (SSSR count). The van der Waals surface area contributed by atoms with E-state index in [1.54, 1.807) is 13.2 Å². The molecule has 2 fully saturated rings. The number of amides is 1. The predicted molar refractivity (Wildman–Crippen MR) is 94.4 cm³/mol. The minimum atomic E-state index is -0.112. The summed E-state index contributed by atoms with van der Waals surface area (Å²) in [6.45, 7) is 0.926. The molecule has 4 nitrogen and oxygen atoms in total. The summed E-state index contributed by atoms with van der Waals surface area (Å²) in [5.74, 6) is 0.789. The van der Waals surface area contributed by atoms with Gasteiger partial charge in [0, 0.05) is 11.6 Å². The van der Waals surface area contributed by atoms with Crippen LogP contribution in [0, 0.1) is 0 Å². The van der Waals surface area contributed by atoms with Crippen molar-refractivity contribution in [2.75, 3.05) is 18.6 Å². The fraction of sp³-hybridized carbons (Fsp3) is 0.316. The van der Waals surface area contributed by atoms with Crippen LogP contribution in [0.25, 0.3) is 0 Å². The zero-order valence-electron chi connectivity index (χ0n) is 13.5. The molecule has 2 atom stereocenters. The van der Waals surface area contributed by atoms with Crippen molar-refractivity contribution in [3.63, 3.8) is 0 Å². The number of anilines is 1. The Morgan fingerprint density at radius 1 is 1.17 bits per heavy atom. The highest BCUT2D eigenvalue weighted by molar-refractivity contribution is 6.31. The normalized spacial score (nSPS) is 23.6. The number of benzene rings is 2. The standard InChI is InChI=1S/C19H19ClN2O2/c1-24-17-10-9-14(20)12-16(17)22-18(13-6-3-2-4-7-13)21-11-5-8-15(21)19(22)23/h2-4,6-7,9-10,12,15,18H,5,8,11H2,1H3/t15-,18+/m0/s1. The Kier molecular flexibility index (Phi) is 3.94. The summed E-state index contributed by atoms with van der Waals surface area (Å²) in [6, 6.07) is 15.5. The number of hydrogen-bond donors (Lipinski definition) is 0. The number of carbonyl (C=O) groups is 1. The number of methoxy groups -OCH3 is 1. The molecule has 2 heterocycles. The van der Waals surface area contributed by atoms with Crippen molar-refractivity contribution in [3.05, 3.63) is 59.1 Å². The third kappa shape index (κ3) is 2.38. The maximum Gasteiger partial charge on any atom is 0.246 e. The fourth-order valence-electron chi connectivity index (χ4n) is 3.84. The third-order valence-electron chi connectivity index (χ3n) is 4.87. The van der Waals surface area contributed by atoms with Crippen molar-refractivity contribution in [2.24, 2.45) is 0 Å². The monoisotopic (exact) mass is 342 g/mol. The molecule has 0 radical (unpaired) electrons. The second-order valence-corrected chi connectivity index (χ2v) is 6.64. The summed E-state index contributed by atoms with van der Waals surface area (Å²) >= 11 is 6.21. The van der Waals surface area contributed by atoms with Crippen molar-refractivity contribution >= 4 is 23.2 Å². The Morgan fingerprint density at radius 2 is 1.96 bits per heavy atom. The van der Waals surface area contributed by atoms with Crippen LogP contribution >= 0.6 is 11.6 Å². The van der Waals surface area contributed by atoms with Gasteiger partial charge in [-0.3, -0.25) is 14.6 Å². The van der Waals surface area contributed by atoms with Gasteiger partial charge in [-0.05, 0) is 36.6 Å². The molecule has 0 spiro atoms. The van der Waals surface area contributed by atoms with Gasteiger partial charge in [0.25, 0.3) is 0 Å². The summed E-state index contributed by atoms with van der Waals surface area (Å²) in [7, 11) is 1.62. The van der Waals surface area contributed by atoms with Gasteiger partial charge < -0.3 is 4.74 Å². The molecule has 0 aromatic heterocycles. The van der Waals surface area contributed by atoms with Crippen LogP contribution in [0.4, 0.5) is 5.69 Å². The van der Waals surface area contributed by atoms with Gasteiger partial charge in [0.1, 0.15) is 11.9 Å². The third-order valence-corrected chi connectivity index (χ3v) is 5.11. The molecule has 0 unspecified atom stereocenters. The zero-order chi connectivity index (χ0) is 16.7. The molecule has 2 aromatic carbocycles. The molecule has 5 heteroatoms. The van der Waals surface area contributed by atoms with Crippen LogP contribution in [-0.4, -0.2) is 30.5 Å². The van der Waals surface area contributed by atoms with Gasteiger partial charge in [0.15, 0.2) is 0 Å². The van der Waals surface area contributed by atoms with E-state index in [4.69, 9.17) is 16.3 Å². The lowest BCUT2D eigenvalue weighted by atomic mass is 10.1. The number of halogens is 1. The van der Waals surface area contributed by atoms with Crippen LogP contribution in [-0.2, 0) is 4.79 Å². The number of fused-ring (bicyclic) bond motifs is 1. The maximum atomic E-state index is 13.1. The average molecular weight is 343 g/mol.